The highest BCUT2D eigenvalue weighted by Gasteiger charge is 2.20. The van der Waals surface area contributed by atoms with E-state index in [4.69, 9.17) is 39.9 Å². The zero-order valence-electron chi connectivity index (χ0n) is 30.9. The lowest BCUT2D eigenvalue weighted by atomic mass is 10.1. The Hall–Kier alpha value is -3.43. The third kappa shape index (κ3) is 14.4. The summed E-state index contributed by atoms with van der Waals surface area (Å²) >= 11 is 13.0. The molecule has 0 saturated carbocycles. The van der Waals surface area contributed by atoms with E-state index in [0.29, 0.717) is 73.9 Å². The number of nitrogens with two attached hydrogens (primary N) is 2. The number of nitrogens with zero attached hydrogens (tertiary/aromatic N) is 8. The van der Waals surface area contributed by atoms with Crippen LogP contribution in [0.25, 0.3) is 22.3 Å². The largest absolute Gasteiger partial charge is 0.468 e. The van der Waals surface area contributed by atoms with Crippen LogP contribution in [0.1, 0.15) is 37.1 Å². The first-order valence-electron chi connectivity index (χ1n) is 16.5. The van der Waals surface area contributed by atoms with Crippen molar-refractivity contribution >= 4 is 100 Å². The molecule has 0 bridgehead atoms. The Kier molecular flexibility index (Phi) is 22.7. The highest BCUT2D eigenvalue weighted by atomic mass is 80.0. The maximum absolute atomic E-state index is 9.33. The van der Waals surface area contributed by atoms with E-state index in [-0.39, 0.29) is 49.1 Å². The molecule has 0 amide bonds. The van der Waals surface area contributed by atoms with Crippen molar-refractivity contribution in [1.82, 2.24) is 39.0 Å². The average Bonchev–Trinajstić information content (AvgIpc) is 3.73. The molecule has 17 nitrogen and oxygen atoms in total. The van der Waals surface area contributed by atoms with Crippen LogP contribution in [-0.2, 0) is 34.5 Å². The van der Waals surface area contributed by atoms with Crippen molar-refractivity contribution in [3.05, 3.63) is 70.8 Å². The Labute approximate surface area is 371 Å². The fourth-order valence-corrected chi connectivity index (χ4v) is 5.47. The highest BCUT2D eigenvalue weighted by molar-refractivity contribution is 9.93. The van der Waals surface area contributed by atoms with Gasteiger partial charge in [-0.25, -0.2) is 0 Å². The molecule has 0 atom stereocenters. The SMILES string of the molecule is BrP(Br)Br.C.C.COCCOc1nc(N)c2nc(OC)n(Cc3cccc(CBr)c3)c2n1.COCCOc1nc(N)c2nc(OC)n(Cc3cccc(CO)c3)c2n1. The van der Waals surface area contributed by atoms with Gasteiger partial charge in [0.25, 0.3) is 12.0 Å². The Morgan fingerprint density at radius 2 is 1.02 bits per heavy atom. The third-order valence-corrected chi connectivity index (χ3v) is 8.18. The minimum atomic E-state index is -0.183. The summed E-state index contributed by atoms with van der Waals surface area (Å²) in [4.78, 5) is 25.9. The van der Waals surface area contributed by atoms with E-state index in [1.807, 2.05) is 41.0 Å². The van der Waals surface area contributed by atoms with Crippen LogP contribution >= 0.6 is 66.4 Å². The van der Waals surface area contributed by atoms with Crippen molar-refractivity contribution in [3.8, 4) is 24.0 Å². The number of nitrogen functional groups attached to an aromatic ring is 2. The molecule has 5 N–H and O–H groups in total. The molecule has 318 valence electrons. The molecule has 0 spiro atoms. The number of anilines is 2. The summed E-state index contributed by atoms with van der Waals surface area (Å²) < 4.78 is 35.1. The number of methoxy groups -OCH3 is 4. The topological polar surface area (TPSA) is 215 Å². The smallest absolute Gasteiger partial charge is 0.320 e. The number of rotatable bonds is 16. The number of aliphatic hydroxyl groups is 1. The molecule has 0 aliphatic heterocycles. The lowest BCUT2D eigenvalue weighted by Gasteiger charge is -2.09. The van der Waals surface area contributed by atoms with Crippen LogP contribution < -0.4 is 30.4 Å². The Morgan fingerprint density at radius 3 is 1.40 bits per heavy atom. The molecule has 2 aromatic carbocycles. The fourth-order valence-electron chi connectivity index (χ4n) is 5.12. The lowest BCUT2D eigenvalue weighted by Crippen LogP contribution is -2.09. The molecule has 0 fully saturated rings. The maximum Gasteiger partial charge on any atom is 0.320 e. The van der Waals surface area contributed by atoms with Crippen LogP contribution in [0.3, 0.4) is 0 Å². The monoisotopic (exact) mass is 1080 g/mol. The average molecular weight is 1080 g/mol. The molecule has 0 aliphatic carbocycles. The second kappa shape index (κ2) is 25.9. The normalized spacial score (nSPS) is 10.5. The molecule has 4 aromatic heterocycles. The second-order valence-corrected chi connectivity index (χ2v) is 27.2. The molecule has 0 aliphatic rings. The van der Waals surface area contributed by atoms with E-state index < -0.39 is 0 Å². The number of aliphatic hydroxyl groups excluding tert-OH is 1. The number of imidazole rings is 2. The number of hydrogen-bond acceptors (Lipinski definition) is 15. The van der Waals surface area contributed by atoms with Crippen molar-refractivity contribution in [2.24, 2.45) is 0 Å². The molecular weight excluding hydrogens is 1040 g/mol. The Morgan fingerprint density at radius 1 is 0.621 bits per heavy atom. The maximum atomic E-state index is 9.33. The van der Waals surface area contributed by atoms with E-state index in [9.17, 15) is 5.11 Å². The molecule has 6 aromatic rings. The minimum absolute atomic E-state index is 0. The number of halogens is 4. The molecule has 22 heteroatoms. The standard InChI is InChI=1S/C17H20BrN5O3.C17H21N5O4.2CH4.Br3P/c1-24-6-7-26-16-21-14(19)13-15(22-16)23(17(20-13)25-2)10-12-5-3-4-11(8-12)9-18;1-24-6-7-26-16-20-14(18)13-15(21-16)22(17(19-13)25-2)9-11-4-3-5-12(8-11)10-23;;;1-4(2)3/h3-5,8H,6-7,9-10H2,1-2H3,(H2,19,21,22);3-5,8,23H,6-7,9-10H2,1-2H3,(H2,18,20,21);2*1H4;. The van der Waals surface area contributed by atoms with Gasteiger partial charge in [-0.15, -0.1) is 0 Å². The van der Waals surface area contributed by atoms with Gasteiger partial charge in [-0.3, -0.25) is 9.13 Å². The van der Waals surface area contributed by atoms with Gasteiger partial charge < -0.3 is 45.0 Å². The predicted octanol–water partition coefficient (Wildman–Crippen LogP) is 8.04. The van der Waals surface area contributed by atoms with Crippen LogP contribution in [-0.4, -0.2) is 99.0 Å². The first-order valence-corrected chi connectivity index (χ1v) is 25.1. The van der Waals surface area contributed by atoms with Gasteiger partial charge in [0.2, 0.25) is 0 Å². The number of aromatic nitrogens is 8. The first kappa shape index (κ1) is 50.7. The highest BCUT2D eigenvalue weighted by Crippen LogP contribution is 2.59. The fraction of sp³-hybridized carbons (Fsp3) is 0.389. The van der Waals surface area contributed by atoms with Crippen LogP contribution in [0.4, 0.5) is 11.6 Å². The number of hydrogen-bond donors (Lipinski definition) is 3. The third-order valence-electron chi connectivity index (χ3n) is 7.54. The number of fused-ring (bicyclic) bond motifs is 2. The van der Waals surface area contributed by atoms with E-state index in [0.717, 1.165) is 22.0 Å². The van der Waals surface area contributed by atoms with Crippen molar-refractivity contribution in [3.63, 3.8) is 0 Å². The Bertz CT molecular complexity index is 2010. The van der Waals surface area contributed by atoms with Gasteiger partial charge >= 0.3 is 12.0 Å². The summed E-state index contributed by atoms with van der Waals surface area (Å²) in [6.07, 6.45) is 0. The Balaban J connectivity index is 0.000000355. The molecule has 0 saturated heterocycles. The molecule has 6 rings (SSSR count). The zero-order chi connectivity index (χ0) is 40.6. The summed E-state index contributed by atoms with van der Waals surface area (Å²) in [5.41, 5.74) is 18.1. The molecule has 58 heavy (non-hydrogen) atoms. The van der Waals surface area contributed by atoms with Crippen molar-refractivity contribution in [1.29, 1.82) is 0 Å². The van der Waals surface area contributed by atoms with E-state index >= 15 is 0 Å². The lowest BCUT2D eigenvalue weighted by molar-refractivity contribution is 0.141. The van der Waals surface area contributed by atoms with E-state index in [2.05, 4.69) is 104 Å². The summed E-state index contributed by atoms with van der Waals surface area (Å²) in [5, 5.41) is 10.1. The van der Waals surface area contributed by atoms with Gasteiger partial charge in [0.1, 0.15) is 17.2 Å². The number of ether oxygens (including phenoxy) is 6. The first-order chi connectivity index (χ1) is 27.0. The van der Waals surface area contributed by atoms with Crippen molar-refractivity contribution in [2.75, 3.05) is 66.3 Å². The molecule has 0 unspecified atom stereocenters. The summed E-state index contributed by atoms with van der Waals surface area (Å²) in [6, 6.07) is 16.9. The van der Waals surface area contributed by atoms with Crippen LogP contribution in [0, 0.1) is 0 Å². The van der Waals surface area contributed by atoms with Crippen LogP contribution in [0.5, 0.6) is 24.0 Å². The second-order valence-electron chi connectivity index (χ2n) is 11.3. The van der Waals surface area contributed by atoms with Crippen LogP contribution in [0.2, 0.25) is 0 Å². The quantitative estimate of drug-likeness (QED) is 0.0475. The molecule has 4 heterocycles. The molecule has 0 radical (unpaired) electrons. The van der Waals surface area contributed by atoms with Gasteiger partial charge in [0.15, 0.2) is 34.0 Å². The van der Waals surface area contributed by atoms with E-state index in [1.165, 1.54) is 12.7 Å². The molecular formula is C36H49Br4N10O7P. The van der Waals surface area contributed by atoms with Crippen molar-refractivity contribution < 1.29 is 33.5 Å². The van der Waals surface area contributed by atoms with Gasteiger partial charge in [-0.1, -0.05) is 79.3 Å². The predicted molar refractivity (Wildman–Crippen MR) is 244 cm³/mol. The summed E-state index contributed by atoms with van der Waals surface area (Å²) in [7, 11) is 6.28. The number of benzene rings is 2. The number of alkyl halides is 1. The summed E-state index contributed by atoms with van der Waals surface area (Å²) in [6.45, 7) is 2.45. The van der Waals surface area contributed by atoms with E-state index in [1.54, 1.807) is 25.9 Å². The van der Waals surface area contributed by atoms with Crippen molar-refractivity contribution in [2.45, 2.75) is 39.9 Å². The van der Waals surface area contributed by atoms with Gasteiger partial charge in [0.05, 0.1) is 47.1 Å². The van der Waals surface area contributed by atoms with Crippen LogP contribution in [0.15, 0.2) is 48.5 Å². The van der Waals surface area contributed by atoms with Gasteiger partial charge in [0, 0.05) is 19.5 Å². The zero-order valence-corrected chi connectivity index (χ0v) is 38.1. The van der Waals surface area contributed by atoms with Gasteiger partial charge in [-0.2, -0.15) is 29.9 Å². The minimum Gasteiger partial charge on any atom is -0.468 e. The summed E-state index contributed by atoms with van der Waals surface area (Å²) in [5.74, 6) is 0.456. The van der Waals surface area contributed by atoms with Gasteiger partial charge in [-0.05, 0) is 68.7 Å².